The predicted octanol–water partition coefficient (Wildman–Crippen LogP) is 4.09. The lowest BCUT2D eigenvalue weighted by Crippen LogP contribution is -2.50. The Hall–Kier alpha value is -2.22. The average molecular weight is 379 g/mol. The second kappa shape index (κ2) is 7.07. The van der Waals surface area contributed by atoms with Crippen molar-refractivity contribution < 1.29 is 22.5 Å². The van der Waals surface area contributed by atoms with Gasteiger partial charge in [-0.2, -0.15) is 18.2 Å². The maximum Gasteiger partial charge on any atom is 0.416 e. The molecule has 1 aromatic heterocycles. The van der Waals surface area contributed by atoms with Crippen molar-refractivity contribution in [2.24, 2.45) is 5.92 Å². The lowest BCUT2D eigenvalue weighted by molar-refractivity contribution is -0.137. The Morgan fingerprint density at radius 1 is 1.15 bits per heavy atom. The minimum absolute atomic E-state index is 0.102. The molecule has 144 valence electrons. The number of hydrogen-bond acceptors (Lipinski definition) is 5. The number of carbonyl (C=O) groups is 1. The number of Topliss-reactive ketones (excluding diaryl/α,β-unsaturated/α-hetero) is 1. The largest absolute Gasteiger partial charge is 0.416 e. The van der Waals surface area contributed by atoms with Gasteiger partial charge in [0.25, 0.3) is 0 Å². The lowest BCUT2D eigenvalue weighted by atomic mass is 9.77. The SMILES string of the molecule is O=C1CCN(Cc2nc(-c3ccc(C(F)(F)F)cc3)no2)C2CCCCC12. The van der Waals surface area contributed by atoms with Crippen molar-refractivity contribution in [3.8, 4) is 11.4 Å². The summed E-state index contributed by atoms with van der Waals surface area (Å²) in [6, 6.07) is 4.92. The highest BCUT2D eigenvalue weighted by Gasteiger charge is 2.38. The maximum atomic E-state index is 12.7. The van der Waals surface area contributed by atoms with Crippen LogP contribution in [0.4, 0.5) is 13.2 Å². The molecule has 2 heterocycles. The molecule has 2 unspecified atom stereocenters. The molecule has 27 heavy (non-hydrogen) atoms. The quantitative estimate of drug-likeness (QED) is 0.804. The third kappa shape index (κ3) is 3.76. The van der Waals surface area contributed by atoms with Crippen LogP contribution in [0.2, 0.25) is 0 Å². The van der Waals surface area contributed by atoms with Gasteiger partial charge in [-0.3, -0.25) is 9.69 Å². The molecule has 0 bridgehead atoms. The Bertz CT molecular complexity index is 816. The molecule has 8 heteroatoms. The molecule has 0 spiro atoms. The van der Waals surface area contributed by atoms with Gasteiger partial charge in [0.1, 0.15) is 5.78 Å². The molecule has 0 N–H and O–H groups in total. The molecule has 0 radical (unpaired) electrons. The van der Waals surface area contributed by atoms with Crippen molar-refractivity contribution in [1.82, 2.24) is 15.0 Å². The van der Waals surface area contributed by atoms with Crippen LogP contribution >= 0.6 is 0 Å². The van der Waals surface area contributed by atoms with Crippen LogP contribution in [0.3, 0.4) is 0 Å². The lowest BCUT2D eigenvalue weighted by Gasteiger charge is -2.42. The first kappa shape index (κ1) is 18.2. The number of hydrogen-bond donors (Lipinski definition) is 0. The molecule has 2 atom stereocenters. The standard InChI is InChI=1S/C19H20F3N3O2/c20-19(21,22)13-7-5-12(6-8-13)18-23-17(27-24-18)11-25-10-9-16(26)14-3-1-2-4-15(14)25/h5-8,14-15H,1-4,9-11H2. The van der Waals surface area contributed by atoms with Crippen LogP contribution in [0.1, 0.15) is 43.6 Å². The van der Waals surface area contributed by atoms with E-state index in [1.165, 1.54) is 12.1 Å². The van der Waals surface area contributed by atoms with Gasteiger partial charge in [-0.15, -0.1) is 0 Å². The molecule has 1 aliphatic carbocycles. The Morgan fingerprint density at radius 2 is 1.89 bits per heavy atom. The first-order valence-corrected chi connectivity index (χ1v) is 9.19. The number of benzene rings is 1. The van der Waals surface area contributed by atoms with Crippen molar-refractivity contribution in [1.29, 1.82) is 0 Å². The van der Waals surface area contributed by atoms with Crippen LogP contribution in [-0.2, 0) is 17.5 Å². The molecule has 2 fully saturated rings. The zero-order valence-corrected chi connectivity index (χ0v) is 14.7. The van der Waals surface area contributed by atoms with E-state index in [9.17, 15) is 18.0 Å². The van der Waals surface area contributed by atoms with E-state index in [1.54, 1.807) is 0 Å². The van der Waals surface area contributed by atoms with Gasteiger partial charge in [-0.05, 0) is 25.0 Å². The maximum absolute atomic E-state index is 12.7. The fourth-order valence-electron chi connectivity index (χ4n) is 4.14. The van der Waals surface area contributed by atoms with Gasteiger partial charge in [0.05, 0.1) is 12.1 Å². The van der Waals surface area contributed by atoms with E-state index in [4.69, 9.17) is 4.52 Å². The Balaban J connectivity index is 1.47. The highest BCUT2D eigenvalue weighted by Crippen LogP contribution is 2.34. The number of alkyl halides is 3. The van der Waals surface area contributed by atoms with E-state index in [0.717, 1.165) is 37.8 Å². The molecular formula is C19H20F3N3O2. The summed E-state index contributed by atoms with van der Waals surface area (Å²) in [7, 11) is 0. The summed E-state index contributed by atoms with van der Waals surface area (Å²) in [6.45, 7) is 1.14. The van der Waals surface area contributed by atoms with E-state index in [-0.39, 0.29) is 17.8 Å². The molecule has 2 aliphatic rings. The number of rotatable bonds is 3. The fraction of sp³-hybridized carbons (Fsp3) is 0.526. The van der Waals surface area contributed by atoms with Crippen LogP contribution in [-0.4, -0.2) is 33.4 Å². The second-order valence-corrected chi connectivity index (χ2v) is 7.23. The second-order valence-electron chi connectivity index (χ2n) is 7.23. The van der Waals surface area contributed by atoms with Crippen LogP contribution in [0.25, 0.3) is 11.4 Å². The van der Waals surface area contributed by atoms with E-state index >= 15 is 0 Å². The van der Waals surface area contributed by atoms with Crippen molar-refractivity contribution in [3.05, 3.63) is 35.7 Å². The van der Waals surface area contributed by atoms with Crippen LogP contribution in [0.5, 0.6) is 0 Å². The summed E-state index contributed by atoms with van der Waals surface area (Å²) in [4.78, 5) is 18.7. The average Bonchev–Trinajstić information content (AvgIpc) is 3.12. The van der Waals surface area contributed by atoms with Crippen molar-refractivity contribution in [3.63, 3.8) is 0 Å². The number of ketones is 1. The minimum atomic E-state index is -4.37. The Kier molecular flexibility index (Phi) is 4.75. The van der Waals surface area contributed by atoms with Gasteiger partial charge in [0, 0.05) is 30.5 Å². The van der Waals surface area contributed by atoms with E-state index < -0.39 is 11.7 Å². The number of aromatic nitrogens is 2. The van der Waals surface area contributed by atoms with Gasteiger partial charge in [-0.25, -0.2) is 0 Å². The number of halogens is 3. The Morgan fingerprint density at radius 3 is 2.63 bits per heavy atom. The monoisotopic (exact) mass is 379 g/mol. The van der Waals surface area contributed by atoms with Crippen molar-refractivity contribution >= 4 is 5.78 Å². The highest BCUT2D eigenvalue weighted by atomic mass is 19.4. The van der Waals surface area contributed by atoms with Gasteiger partial charge in [0.15, 0.2) is 0 Å². The molecule has 1 saturated carbocycles. The first-order valence-electron chi connectivity index (χ1n) is 9.19. The van der Waals surface area contributed by atoms with Crippen LogP contribution < -0.4 is 0 Å². The smallest absolute Gasteiger partial charge is 0.338 e. The number of nitrogens with zero attached hydrogens (tertiary/aromatic N) is 3. The summed E-state index contributed by atoms with van der Waals surface area (Å²) in [5, 5.41) is 3.90. The van der Waals surface area contributed by atoms with E-state index in [0.29, 0.717) is 36.7 Å². The highest BCUT2D eigenvalue weighted by molar-refractivity contribution is 5.82. The van der Waals surface area contributed by atoms with Crippen molar-refractivity contribution in [2.45, 2.75) is 50.9 Å². The molecule has 2 aromatic rings. The summed E-state index contributed by atoms with van der Waals surface area (Å²) in [5.74, 6) is 1.15. The molecule has 1 aromatic carbocycles. The number of piperidine rings is 1. The topological polar surface area (TPSA) is 59.2 Å². The van der Waals surface area contributed by atoms with E-state index in [2.05, 4.69) is 15.0 Å². The molecular weight excluding hydrogens is 359 g/mol. The van der Waals surface area contributed by atoms with Gasteiger partial charge in [-0.1, -0.05) is 30.1 Å². The third-order valence-corrected chi connectivity index (χ3v) is 5.53. The first-order chi connectivity index (χ1) is 12.9. The van der Waals surface area contributed by atoms with Crippen LogP contribution in [0.15, 0.2) is 28.8 Å². The van der Waals surface area contributed by atoms with E-state index in [1.807, 2.05) is 0 Å². The predicted molar refractivity (Wildman–Crippen MR) is 90.5 cm³/mol. The number of fused-ring (bicyclic) bond motifs is 1. The van der Waals surface area contributed by atoms with Crippen molar-refractivity contribution in [2.75, 3.05) is 6.54 Å². The van der Waals surface area contributed by atoms with Crippen LogP contribution in [0, 0.1) is 5.92 Å². The summed E-state index contributed by atoms with van der Waals surface area (Å²) < 4.78 is 43.3. The summed E-state index contributed by atoms with van der Waals surface area (Å²) >= 11 is 0. The summed E-state index contributed by atoms with van der Waals surface area (Å²) in [6.07, 6.45) is 0.326. The minimum Gasteiger partial charge on any atom is -0.338 e. The van der Waals surface area contributed by atoms with Gasteiger partial charge >= 0.3 is 6.18 Å². The molecule has 1 aliphatic heterocycles. The molecule has 5 nitrogen and oxygen atoms in total. The molecule has 1 saturated heterocycles. The normalized spacial score (nSPS) is 24.0. The molecule has 0 amide bonds. The number of likely N-dealkylation sites (tertiary alicyclic amines) is 1. The molecule has 4 rings (SSSR count). The van der Waals surface area contributed by atoms with Gasteiger partial charge in [0.2, 0.25) is 11.7 Å². The third-order valence-electron chi connectivity index (χ3n) is 5.53. The Labute approximate surface area is 154 Å². The fourth-order valence-corrected chi connectivity index (χ4v) is 4.14. The summed E-state index contributed by atoms with van der Waals surface area (Å²) in [5.41, 5.74) is -0.237. The zero-order chi connectivity index (χ0) is 19.0. The van der Waals surface area contributed by atoms with Gasteiger partial charge < -0.3 is 4.52 Å². The number of carbonyl (C=O) groups excluding carboxylic acids is 1. The zero-order valence-electron chi connectivity index (χ0n) is 14.7.